The van der Waals surface area contributed by atoms with E-state index in [1.54, 1.807) is 0 Å². The molecular weight excluding hydrogens is 178 g/mol. The molecule has 5 heteroatoms. The molecule has 0 spiro atoms. The maximum Gasteiger partial charge on any atom is 0.240 e. The normalized spacial score (nSPS) is 22.2. The van der Waals surface area contributed by atoms with E-state index in [2.05, 4.69) is 20.0 Å². The summed E-state index contributed by atoms with van der Waals surface area (Å²) < 4.78 is 0. The van der Waals surface area contributed by atoms with Crippen LogP contribution >= 0.6 is 0 Å². The Morgan fingerprint density at radius 3 is 2.86 bits per heavy atom. The molecule has 3 aliphatic rings. The summed E-state index contributed by atoms with van der Waals surface area (Å²) in [4.78, 5) is 18.3. The second-order valence-corrected chi connectivity index (χ2v) is 3.08. The molecule has 0 radical (unpaired) electrons. The molecule has 0 N–H and O–H groups in total. The predicted octanol–water partition coefficient (Wildman–Crippen LogP) is 0.928. The van der Waals surface area contributed by atoms with Gasteiger partial charge in [0.15, 0.2) is 0 Å². The number of amidine groups is 1. The third-order valence-corrected chi connectivity index (χ3v) is 2.19. The summed E-state index contributed by atoms with van der Waals surface area (Å²) in [5.41, 5.74) is 1.09. The number of hydrogen-bond donors (Lipinski definition) is 0. The average Bonchev–Trinajstić information content (AvgIpc) is 2.24. The highest BCUT2D eigenvalue weighted by molar-refractivity contribution is 6.18. The molecule has 0 bridgehead atoms. The van der Waals surface area contributed by atoms with Crippen LogP contribution in [0, 0.1) is 0 Å². The molecule has 5 nitrogen and oxygen atoms in total. The molecule has 0 aromatic carbocycles. The SMILES string of the molecule is CC1=CC=C2N=CN=C3N=CN=C1N23. The van der Waals surface area contributed by atoms with Crippen LogP contribution in [0.2, 0.25) is 0 Å². The highest BCUT2D eigenvalue weighted by atomic mass is 15.4. The van der Waals surface area contributed by atoms with Gasteiger partial charge in [0.05, 0.1) is 0 Å². The molecule has 0 fully saturated rings. The summed E-state index contributed by atoms with van der Waals surface area (Å²) in [5, 5.41) is 0. The third kappa shape index (κ3) is 0.834. The first-order valence-electron chi connectivity index (χ1n) is 4.26. The van der Waals surface area contributed by atoms with Crippen LogP contribution in [-0.4, -0.2) is 29.4 Å². The maximum atomic E-state index is 4.20. The van der Waals surface area contributed by atoms with Crippen molar-refractivity contribution >= 4 is 24.5 Å². The van der Waals surface area contributed by atoms with E-state index in [1.165, 1.54) is 12.7 Å². The zero-order valence-electron chi connectivity index (χ0n) is 7.55. The van der Waals surface area contributed by atoms with Crippen molar-refractivity contribution in [2.24, 2.45) is 20.0 Å². The standard InChI is InChI=1S/C9H7N5/c1-6-2-3-7-10-4-12-9-13-5-11-8(6)14(7)9/h2-5H,1H3. The Morgan fingerprint density at radius 2 is 1.93 bits per heavy atom. The van der Waals surface area contributed by atoms with Crippen LogP contribution < -0.4 is 0 Å². The molecule has 0 atom stereocenters. The maximum absolute atomic E-state index is 4.20. The summed E-state index contributed by atoms with van der Waals surface area (Å²) in [7, 11) is 0. The van der Waals surface area contributed by atoms with Crippen LogP contribution in [0.5, 0.6) is 0 Å². The Morgan fingerprint density at radius 1 is 1.07 bits per heavy atom. The monoisotopic (exact) mass is 185 g/mol. The fourth-order valence-electron chi connectivity index (χ4n) is 1.51. The number of nitrogens with zero attached hydrogens (tertiary/aromatic N) is 5. The topological polar surface area (TPSA) is 52.7 Å². The first-order valence-corrected chi connectivity index (χ1v) is 4.26. The van der Waals surface area contributed by atoms with Gasteiger partial charge in [0, 0.05) is 0 Å². The third-order valence-electron chi connectivity index (χ3n) is 2.19. The Bertz CT molecular complexity index is 475. The van der Waals surface area contributed by atoms with Crippen LogP contribution in [0.4, 0.5) is 0 Å². The van der Waals surface area contributed by atoms with Gasteiger partial charge in [-0.2, -0.15) is 0 Å². The van der Waals surface area contributed by atoms with E-state index in [9.17, 15) is 0 Å². The summed E-state index contributed by atoms with van der Waals surface area (Å²) in [6.45, 7) is 2.00. The van der Waals surface area contributed by atoms with E-state index < -0.39 is 0 Å². The van der Waals surface area contributed by atoms with Gasteiger partial charge >= 0.3 is 0 Å². The molecule has 0 saturated heterocycles. The summed E-state index contributed by atoms with van der Waals surface area (Å²) in [6.07, 6.45) is 6.95. The van der Waals surface area contributed by atoms with E-state index in [-0.39, 0.29) is 0 Å². The van der Waals surface area contributed by atoms with Crippen molar-refractivity contribution in [2.45, 2.75) is 6.92 Å². The van der Waals surface area contributed by atoms with Crippen molar-refractivity contribution < 1.29 is 0 Å². The van der Waals surface area contributed by atoms with Crippen molar-refractivity contribution in [1.29, 1.82) is 0 Å². The summed E-state index contributed by atoms with van der Waals surface area (Å²) in [6, 6.07) is 0. The molecule has 0 saturated carbocycles. The molecule has 0 aliphatic carbocycles. The Kier molecular flexibility index (Phi) is 1.30. The van der Waals surface area contributed by atoms with Crippen LogP contribution in [0.3, 0.4) is 0 Å². The molecule has 0 aromatic rings. The van der Waals surface area contributed by atoms with Crippen molar-refractivity contribution in [1.82, 2.24) is 4.90 Å². The van der Waals surface area contributed by atoms with Gasteiger partial charge in [0.25, 0.3) is 0 Å². The lowest BCUT2D eigenvalue weighted by Gasteiger charge is -2.30. The smallest absolute Gasteiger partial charge is 0.240 e. The Hall–Kier alpha value is -2.04. The molecule has 3 aliphatic heterocycles. The number of allylic oxidation sites excluding steroid dienone is 2. The minimum Gasteiger partial charge on any atom is -0.246 e. The molecular formula is C9H7N5. The van der Waals surface area contributed by atoms with Gasteiger partial charge in [0.2, 0.25) is 5.96 Å². The zero-order chi connectivity index (χ0) is 9.54. The first-order chi connectivity index (χ1) is 6.86. The summed E-state index contributed by atoms with van der Waals surface area (Å²) >= 11 is 0. The van der Waals surface area contributed by atoms with Gasteiger partial charge in [-0.1, -0.05) is 6.08 Å². The van der Waals surface area contributed by atoms with Crippen molar-refractivity contribution in [3.8, 4) is 0 Å². The van der Waals surface area contributed by atoms with Crippen LogP contribution in [0.1, 0.15) is 6.92 Å². The van der Waals surface area contributed by atoms with E-state index in [0.29, 0.717) is 5.96 Å². The quantitative estimate of drug-likeness (QED) is 0.553. The number of aliphatic imine (C=N–C) groups is 4. The number of hydrogen-bond acceptors (Lipinski definition) is 5. The average molecular weight is 185 g/mol. The van der Waals surface area contributed by atoms with Crippen molar-refractivity contribution in [2.75, 3.05) is 0 Å². The van der Waals surface area contributed by atoms with E-state index in [0.717, 1.165) is 17.2 Å². The first kappa shape index (κ1) is 7.37. The van der Waals surface area contributed by atoms with Gasteiger partial charge in [0.1, 0.15) is 24.3 Å². The largest absolute Gasteiger partial charge is 0.246 e. The Labute approximate surface area is 80.6 Å². The minimum absolute atomic E-state index is 0.628. The molecule has 3 rings (SSSR count). The van der Waals surface area contributed by atoms with Crippen molar-refractivity contribution in [3.63, 3.8) is 0 Å². The molecule has 0 aromatic heterocycles. The van der Waals surface area contributed by atoms with Crippen molar-refractivity contribution in [3.05, 3.63) is 23.5 Å². The lowest BCUT2D eigenvalue weighted by molar-refractivity contribution is 0.709. The predicted molar refractivity (Wildman–Crippen MR) is 55.5 cm³/mol. The lowest BCUT2D eigenvalue weighted by atomic mass is 10.1. The van der Waals surface area contributed by atoms with E-state index >= 15 is 0 Å². The van der Waals surface area contributed by atoms with Crippen LogP contribution in [-0.2, 0) is 0 Å². The van der Waals surface area contributed by atoms with E-state index in [4.69, 9.17) is 0 Å². The molecule has 3 heterocycles. The van der Waals surface area contributed by atoms with Crippen LogP contribution in [0.25, 0.3) is 0 Å². The van der Waals surface area contributed by atoms with Gasteiger partial charge in [-0.3, -0.25) is 0 Å². The number of rotatable bonds is 0. The summed E-state index contributed by atoms with van der Waals surface area (Å²) in [5.74, 6) is 2.30. The molecule has 14 heavy (non-hydrogen) atoms. The van der Waals surface area contributed by atoms with Gasteiger partial charge in [-0.05, 0) is 18.6 Å². The number of guanidine groups is 1. The van der Waals surface area contributed by atoms with E-state index in [1.807, 2.05) is 24.0 Å². The highest BCUT2D eigenvalue weighted by Crippen LogP contribution is 2.22. The van der Waals surface area contributed by atoms with Gasteiger partial charge < -0.3 is 0 Å². The second kappa shape index (κ2) is 2.47. The molecule has 68 valence electrons. The highest BCUT2D eigenvalue weighted by Gasteiger charge is 2.28. The molecule has 0 unspecified atom stereocenters. The van der Waals surface area contributed by atoms with Crippen LogP contribution in [0.15, 0.2) is 43.5 Å². The second-order valence-electron chi connectivity index (χ2n) is 3.08. The fraction of sp³-hybridized carbons (Fsp3) is 0.111. The Balaban J connectivity index is 2.24. The van der Waals surface area contributed by atoms with Gasteiger partial charge in [-0.25, -0.2) is 24.9 Å². The van der Waals surface area contributed by atoms with Gasteiger partial charge in [-0.15, -0.1) is 0 Å². The zero-order valence-corrected chi connectivity index (χ0v) is 7.55. The fourth-order valence-corrected chi connectivity index (χ4v) is 1.51. The minimum atomic E-state index is 0.628. The molecule has 0 amide bonds. The lowest BCUT2D eigenvalue weighted by Crippen LogP contribution is -2.40.